The first-order valence-electron chi connectivity index (χ1n) is 12.1. The van der Waals surface area contributed by atoms with E-state index in [9.17, 15) is 0 Å². The van der Waals surface area contributed by atoms with Crippen molar-refractivity contribution in [2.45, 2.75) is 138 Å². The summed E-state index contributed by atoms with van der Waals surface area (Å²) in [7, 11) is 0. The van der Waals surface area contributed by atoms with Crippen molar-refractivity contribution in [3.05, 3.63) is 20.9 Å². The Morgan fingerprint density at radius 2 is 1.07 bits per heavy atom. The molecule has 0 aliphatic heterocycles. The molecule has 28 heavy (non-hydrogen) atoms. The summed E-state index contributed by atoms with van der Waals surface area (Å²) in [4.78, 5) is 3.35. The third-order valence-corrected chi connectivity index (χ3v) is 8.41. The smallest absolute Gasteiger partial charge is 0.0137 e. The van der Waals surface area contributed by atoms with Gasteiger partial charge in [0.1, 0.15) is 0 Å². The van der Waals surface area contributed by atoms with Gasteiger partial charge >= 0.3 is 0 Å². The van der Waals surface area contributed by atoms with Crippen LogP contribution in [0.4, 0.5) is 0 Å². The van der Waals surface area contributed by atoms with Crippen LogP contribution in [0.5, 0.6) is 0 Å². The van der Waals surface area contributed by atoms with Gasteiger partial charge < -0.3 is 0 Å². The van der Waals surface area contributed by atoms with Crippen LogP contribution in [-0.4, -0.2) is 0 Å². The van der Waals surface area contributed by atoms with Crippen molar-refractivity contribution in [1.29, 1.82) is 0 Å². The van der Waals surface area contributed by atoms with E-state index in [1.807, 2.05) is 0 Å². The molecule has 0 bridgehead atoms. The molecule has 0 amide bonds. The Kier molecular flexibility index (Phi) is 10.3. The lowest BCUT2D eigenvalue weighted by atomic mass is 9.79. The average Bonchev–Trinajstić information content (AvgIpc) is 2.96. The third kappa shape index (κ3) is 7.19. The summed E-state index contributed by atoms with van der Waals surface area (Å²) in [6, 6.07) is 0. The van der Waals surface area contributed by atoms with E-state index < -0.39 is 0 Å². The molecule has 0 N–H and O–H groups in total. The van der Waals surface area contributed by atoms with Crippen LogP contribution in [0.15, 0.2) is 0 Å². The topological polar surface area (TPSA) is 0 Å². The van der Waals surface area contributed by atoms with Crippen molar-refractivity contribution in [2.75, 3.05) is 0 Å². The van der Waals surface area contributed by atoms with E-state index in [-0.39, 0.29) is 10.8 Å². The van der Waals surface area contributed by atoms with Crippen LogP contribution in [0, 0.1) is 11.8 Å². The summed E-state index contributed by atoms with van der Waals surface area (Å²) in [5.41, 5.74) is 3.99. The molecule has 1 heteroatoms. The molecule has 0 spiro atoms. The van der Waals surface area contributed by atoms with Gasteiger partial charge in [-0.25, -0.2) is 0 Å². The zero-order valence-corrected chi connectivity index (χ0v) is 21.7. The van der Waals surface area contributed by atoms with Crippen molar-refractivity contribution < 1.29 is 0 Å². The second-order valence-electron chi connectivity index (χ2n) is 11.1. The van der Waals surface area contributed by atoms with E-state index in [4.69, 9.17) is 0 Å². The summed E-state index contributed by atoms with van der Waals surface area (Å²) in [5.74, 6) is 1.68. The van der Waals surface area contributed by atoms with E-state index in [1.165, 1.54) is 57.8 Å². The molecule has 164 valence electrons. The molecule has 1 rings (SSSR count). The van der Waals surface area contributed by atoms with E-state index in [2.05, 4.69) is 80.6 Å². The Balaban J connectivity index is 3.50. The highest BCUT2D eigenvalue weighted by atomic mass is 32.1. The minimum Gasteiger partial charge on any atom is -0.144 e. The fourth-order valence-electron chi connectivity index (χ4n) is 4.52. The first kappa shape index (κ1) is 25.7. The van der Waals surface area contributed by atoms with Crippen LogP contribution < -0.4 is 0 Å². The molecule has 0 aliphatic carbocycles. The van der Waals surface area contributed by atoms with Crippen molar-refractivity contribution in [3.8, 4) is 0 Å². The van der Waals surface area contributed by atoms with E-state index in [1.54, 1.807) is 20.9 Å². The van der Waals surface area contributed by atoms with E-state index in [0.717, 1.165) is 11.8 Å². The molecule has 0 aromatic carbocycles. The fourth-order valence-corrected chi connectivity index (χ4v) is 6.00. The zero-order chi connectivity index (χ0) is 21.5. The van der Waals surface area contributed by atoms with Gasteiger partial charge in [-0.2, -0.15) is 0 Å². The van der Waals surface area contributed by atoms with Crippen molar-refractivity contribution in [1.82, 2.24) is 0 Å². The Labute approximate surface area is 181 Å². The largest absolute Gasteiger partial charge is 0.144 e. The van der Waals surface area contributed by atoms with Gasteiger partial charge in [-0.05, 0) is 46.6 Å². The summed E-state index contributed by atoms with van der Waals surface area (Å²) < 4.78 is 0. The van der Waals surface area contributed by atoms with Gasteiger partial charge in [0.15, 0.2) is 0 Å². The Morgan fingerprint density at radius 3 is 1.39 bits per heavy atom. The number of rotatable bonds is 11. The second kappa shape index (κ2) is 11.2. The van der Waals surface area contributed by atoms with E-state index >= 15 is 0 Å². The molecule has 1 heterocycles. The molecule has 0 saturated carbocycles. The third-order valence-electron chi connectivity index (χ3n) is 6.28. The quantitative estimate of drug-likeness (QED) is 0.343. The Morgan fingerprint density at radius 1 is 0.643 bits per heavy atom. The molecule has 2 unspecified atom stereocenters. The van der Waals surface area contributed by atoms with E-state index in [0.29, 0.717) is 0 Å². The van der Waals surface area contributed by atoms with Crippen molar-refractivity contribution >= 4 is 11.3 Å². The van der Waals surface area contributed by atoms with Gasteiger partial charge in [0.25, 0.3) is 0 Å². The van der Waals surface area contributed by atoms with Gasteiger partial charge in [-0.1, -0.05) is 114 Å². The number of thiophene rings is 1. The monoisotopic (exact) mass is 406 g/mol. The van der Waals surface area contributed by atoms with Crippen molar-refractivity contribution in [3.63, 3.8) is 0 Å². The first-order chi connectivity index (χ1) is 13.0. The number of hydrogen-bond acceptors (Lipinski definition) is 1. The highest BCUT2D eigenvalue weighted by Crippen LogP contribution is 2.45. The molecule has 2 atom stereocenters. The molecule has 0 aliphatic rings. The lowest BCUT2D eigenvalue weighted by Crippen LogP contribution is -2.17. The molecule has 0 nitrogen and oxygen atoms in total. The maximum atomic E-state index is 2.43. The molecule has 0 radical (unpaired) electrons. The van der Waals surface area contributed by atoms with Crippen LogP contribution in [0.3, 0.4) is 0 Å². The minimum atomic E-state index is 0.244. The van der Waals surface area contributed by atoms with Gasteiger partial charge in [0, 0.05) is 9.75 Å². The maximum absolute atomic E-state index is 2.43. The zero-order valence-electron chi connectivity index (χ0n) is 20.9. The van der Waals surface area contributed by atoms with Crippen LogP contribution in [0.2, 0.25) is 0 Å². The Bertz CT molecular complexity index is 564. The predicted octanol–water partition coefficient (Wildman–Crippen LogP) is 9.47. The fraction of sp³-hybridized carbons (Fsp3) is 0.852. The summed E-state index contributed by atoms with van der Waals surface area (Å²) in [6.07, 6.45) is 12.0. The summed E-state index contributed by atoms with van der Waals surface area (Å²) in [5, 5.41) is 0. The molecule has 1 aromatic heterocycles. The Hall–Kier alpha value is -0.300. The number of unbranched alkanes of at least 4 members (excludes halogenated alkanes) is 1. The van der Waals surface area contributed by atoms with Gasteiger partial charge in [-0.15, -0.1) is 11.3 Å². The molecular formula is C27H50S. The normalized spacial score (nSPS) is 15.1. The predicted molar refractivity (Wildman–Crippen MR) is 131 cm³/mol. The van der Waals surface area contributed by atoms with Gasteiger partial charge in [-0.3, -0.25) is 0 Å². The lowest BCUT2D eigenvalue weighted by molar-refractivity contribution is 0.433. The van der Waals surface area contributed by atoms with Crippen LogP contribution in [-0.2, 0) is 23.7 Å². The minimum absolute atomic E-state index is 0.244. The lowest BCUT2D eigenvalue weighted by Gasteiger charge is -2.25. The summed E-state index contributed by atoms with van der Waals surface area (Å²) in [6.45, 7) is 24.0. The van der Waals surface area contributed by atoms with Crippen LogP contribution >= 0.6 is 11.3 Å². The van der Waals surface area contributed by atoms with Crippen LogP contribution in [0.25, 0.3) is 0 Å². The maximum Gasteiger partial charge on any atom is 0.0137 e. The highest BCUT2D eigenvalue weighted by molar-refractivity contribution is 7.12. The van der Waals surface area contributed by atoms with Gasteiger partial charge in [0.2, 0.25) is 0 Å². The average molecular weight is 407 g/mol. The summed E-state index contributed by atoms with van der Waals surface area (Å²) >= 11 is 2.15. The molecule has 0 saturated heterocycles. The molecular weight excluding hydrogens is 356 g/mol. The van der Waals surface area contributed by atoms with Gasteiger partial charge in [0.05, 0.1) is 0 Å². The standard InChI is InChI=1S/C27H50S/c1-11-15-17-21(14-4)19-23-22(18-20(13-3)16-12-2)24(26(5,6)7)28-25(23)27(8,9)10/h20-21H,11-19H2,1-10H3. The van der Waals surface area contributed by atoms with Crippen LogP contribution in [0.1, 0.15) is 135 Å². The first-order valence-corrected chi connectivity index (χ1v) is 13.0. The molecule has 1 aromatic rings. The second-order valence-corrected chi connectivity index (χ2v) is 12.1. The highest BCUT2D eigenvalue weighted by Gasteiger charge is 2.32. The SMILES string of the molecule is CCCCC(CC)Cc1c(C(C)(C)C)sc(C(C)(C)C)c1CC(CC)CCC. The molecule has 0 fully saturated rings. The van der Waals surface area contributed by atoms with Crippen molar-refractivity contribution in [2.24, 2.45) is 11.8 Å². The number of hydrogen-bond donors (Lipinski definition) is 0.